The molecule has 1 unspecified atom stereocenters. The summed E-state index contributed by atoms with van der Waals surface area (Å²) in [4.78, 5) is 18.2. The number of carbonyl (C=O) groups excluding carboxylic acids is 1. The predicted octanol–water partition coefficient (Wildman–Crippen LogP) is 0.821. The molecule has 2 rings (SSSR count). The number of aromatic nitrogens is 1. The molecule has 0 bridgehead atoms. The van der Waals surface area contributed by atoms with E-state index in [4.69, 9.17) is 5.73 Å². The van der Waals surface area contributed by atoms with Gasteiger partial charge in [0.25, 0.3) is 0 Å². The van der Waals surface area contributed by atoms with E-state index in [1.807, 2.05) is 23.1 Å². The molecular weight excluding hydrogens is 214 g/mol. The number of hydrogen-bond acceptors (Lipinski definition) is 3. The average molecular weight is 233 g/mol. The number of amides is 1. The van der Waals surface area contributed by atoms with Crippen LogP contribution in [0.5, 0.6) is 0 Å². The van der Waals surface area contributed by atoms with Gasteiger partial charge in [0, 0.05) is 25.0 Å². The third-order valence-electron chi connectivity index (χ3n) is 3.26. The highest BCUT2D eigenvalue weighted by Crippen LogP contribution is 2.16. The second kappa shape index (κ2) is 5.77. The summed E-state index contributed by atoms with van der Waals surface area (Å²) >= 11 is 0. The number of pyridine rings is 1. The van der Waals surface area contributed by atoms with Gasteiger partial charge in [0.1, 0.15) is 0 Å². The molecule has 4 heteroatoms. The lowest BCUT2D eigenvalue weighted by molar-refractivity contribution is -0.132. The van der Waals surface area contributed by atoms with Crippen molar-refractivity contribution in [2.75, 3.05) is 19.6 Å². The Bertz CT molecular complexity index is 366. The van der Waals surface area contributed by atoms with Crippen LogP contribution >= 0.6 is 0 Å². The largest absolute Gasteiger partial charge is 0.342 e. The standard InChI is InChI=1S/C13H19N3O/c14-9-11-4-3-7-16(10-11)13(17)8-12-5-1-2-6-15-12/h1-2,5-6,11H,3-4,7-10,14H2. The van der Waals surface area contributed by atoms with Crippen LogP contribution in [0.1, 0.15) is 18.5 Å². The molecule has 92 valence electrons. The highest BCUT2D eigenvalue weighted by atomic mass is 16.2. The maximum Gasteiger partial charge on any atom is 0.228 e. The van der Waals surface area contributed by atoms with Crippen LogP contribution in [0.2, 0.25) is 0 Å². The van der Waals surface area contributed by atoms with Crippen LogP contribution < -0.4 is 5.73 Å². The van der Waals surface area contributed by atoms with Gasteiger partial charge in [0.15, 0.2) is 0 Å². The monoisotopic (exact) mass is 233 g/mol. The zero-order valence-electron chi connectivity index (χ0n) is 10.0. The molecule has 17 heavy (non-hydrogen) atoms. The minimum atomic E-state index is 0.168. The van der Waals surface area contributed by atoms with E-state index >= 15 is 0 Å². The summed E-state index contributed by atoms with van der Waals surface area (Å²) in [5, 5.41) is 0. The summed E-state index contributed by atoms with van der Waals surface area (Å²) in [6, 6.07) is 5.66. The summed E-state index contributed by atoms with van der Waals surface area (Å²) in [5.41, 5.74) is 6.51. The minimum Gasteiger partial charge on any atom is -0.342 e. The van der Waals surface area contributed by atoms with E-state index in [0.717, 1.165) is 31.6 Å². The van der Waals surface area contributed by atoms with Crippen molar-refractivity contribution < 1.29 is 4.79 Å². The van der Waals surface area contributed by atoms with Crippen LogP contribution in [0.25, 0.3) is 0 Å². The van der Waals surface area contributed by atoms with Crippen molar-refractivity contribution in [2.24, 2.45) is 11.7 Å². The Morgan fingerprint density at radius 2 is 2.41 bits per heavy atom. The molecule has 1 atom stereocenters. The molecule has 1 fully saturated rings. The first-order chi connectivity index (χ1) is 8.29. The quantitative estimate of drug-likeness (QED) is 0.841. The number of hydrogen-bond donors (Lipinski definition) is 1. The number of rotatable bonds is 3. The molecule has 1 aliphatic heterocycles. The van der Waals surface area contributed by atoms with Gasteiger partial charge in [0.05, 0.1) is 6.42 Å². The Hall–Kier alpha value is -1.42. The second-order valence-electron chi connectivity index (χ2n) is 4.58. The molecule has 1 amide bonds. The fraction of sp³-hybridized carbons (Fsp3) is 0.538. The molecule has 1 aromatic heterocycles. The number of piperidine rings is 1. The number of likely N-dealkylation sites (tertiary alicyclic amines) is 1. The van der Waals surface area contributed by atoms with Crippen molar-refractivity contribution in [3.8, 4) is 0 Å². The Balaban J connectivity index is 1.91. The first-order valence-electron chi connectivity index (χ1n) is 6.17. The predicted molar refractivity (Wildman–Crippen MR) is 66.3 cm³/mol. The SMILES string of the molecule is NCC1CCCN(C(=O)Cc2ccccn2)C1. The lowest BCUT2D eigenvalue weighted by atomic mass is 9.98. The Morgan fingerprint density at radius 3 is 3.12 bits per heavy atom. The van der Waals surface area contributed by atoms with Crippen LogP contribution in [0.15, 0.2) is 24.4 Å². The highest BCUT2D eigenvalue weighted by Gasteiger charge is 2.22. The van der Waals surface area contributed by atoms with E-state index in [0.29, 0.717) is 18.9 Å². The smallest absolute Gasteiger partial charge is 0.228 e. The van der Waals surface area contributed by atoms with Crippen LogP contribution in [0.4, 0.5) is 0 Å². The Labute approximate surface area is 102 Å². The third kappa shape index (κ3) is 3.27. The van der Waals surface area contributed by atoms with Crippen molar-refractivity contribution in [2.45, 2.75) is 19.3 Å². The van der Waals surface area contributed by atoms with Crippen LogP contribution in [-0.2, 0) is 11.2 Å². The molecular formula is C13H19N3O. The van der Waals surface area contributed by atoms with Crippen molar-refractivity contribution in [1.29, 1.82) is 0 Å². The van der Waals surface area contributed by atoms with Crippen molar-refractivity contribution >= 4 is 5.91 Å². The molecule has 4 nitrogen and oxygen atoms in total. The third-order valence-corrected chi connectivity index (χ3v) is 3.26. The lowest BCUT2D eigenvalue weighted by Crippen LogP contribution is -2.42. The second-order valence-corrected chi connectivity index (χ2v) is 4.58. The maximum atomic E-state index is 12.1. The summed E-state index contributed by atoms with van der Waals surface area (Å²) in [6.45, 7) is 2.34. The van der Waals surface area contributed by atoms with E-state index in [2.05, 4.69) is 4.98 Å². The molecule has 1 saturated heterocycles. The summed E-state index contributed by atoms with van der Waals surface area (Å²) in [7, 11) is 0. The van der Waals surface area contributed by atoms with Crippen LogP contribution in [0, 0.1) is 5.92 Å². The molecule has 1 aliphatic rings. The molecule has 0 aromatic carbocycles. The molecule has 1 aromatic rings. The molecule has 2 heterocycles. The fourth-order valence-corrected chi connectivity index (χ4v) is 2.25. The normalized spacial score (nSPS) is 20.3. The van der Waals surface area contributed by atoms with Gasteiger partial charge in [-0.3, -0.25) is 9.78 Å². The summed E-state index contributed by atoms with van der Waals surface area (Å²) < 4.78 is 0. The lowest BCUT2D eigenvalue weighted by Gasteiger charge is -2.32. The van der Waals surface area contributed by atoms with Gasteiger partial charge in [-0.15, -0.1) is 0 Å². The van der Waals surface area contributed by atoms with Gasteiger partial charge in [-0.1, -0.05) is 6.07 Å². The topological polar surface area (TPSA) is 59.2 Å². The number of nitrogens with zero attached hydrogens (tertiary/aromatic N) is 2. The van der Waals surface area contributed by atoms with E-state index in [1.54, 1.807) is 6.20 Å². The Morgan fingerprint density at radius 1 is 1.53 bits per heavy atom. The van der Waals surface area contributed by atoms with Crippen LogP contribution in [-0.4, -0.2) is 35.4 Å². The van der Waals surface area contributed by atoms with Gasteiger partial charge in [0.2, 0.25) is 5.91 Å². The summed E-state index contributed by atoms with van der Waals surface area (Å²) in [5.74, 6) is 0.637. The van der Waals surface area contributed by atoms with E-state index < -0.39 is 0 Å². The van der Waals surface area contributed by atoms with Crippen LogP contribution in [0.3, 0.4) is 0 Å². The summed E-state index contributed by atoms with van der Waals surface area (Å²) in [6.07, 6.45) is 4.33. The zero-order chi connectivity index (χ0) is 12.1. The van der Waals surface area contributed by atoms with Gasteiger partial charge < -0.3 is 10.6 Å². The van der Waals surface area contributed by atoms with Gasteiger partial charge in [-0.25, -0.2) is 0 Å². The van der Waals surface area contributed by atoms with Gasteiger partial charge in [-0.05, 0) is 37.4 Å². The van der Waals surface area contributed by atoms with E-state index in [9.17, 15) is 4.79 Å². The van der Waals surface area contributed by atoms with Gasteiger partial charge >= 0.3 is 0 Å². The van der Waals surface area contributed by atoms with Gasteiger partial charge in [-0.2, -0.15) is 0 Å². The first kappa shape index (κ1) is 12.0. The average Bonchev–Trinajstić information content (AvgIpc) is 2.40. The maximum absolute atomic E-state index is 12.1. The zero-order valence-corrected chi connectivity index (χ0v) is 10.0. The molecule has 0 aliphatic carbocycles. The van der Waals surface area contributed by atoms with Crippen molar-refractivity contribution in [3.05, 3.63) is 30.1 Å². The highest BCUT2D eigenvalue weighted by molar-refractivity contribution is 5.78. The minimum absolute atomic E-state index is 0.168. The molecule has 2 N–H and O–H groups in total. The number of nitrogens with two attached hydrogens (primary N) is 1. The molecule has 0 radical (unpaired) electrons. The fourth-order valence-electron chi connectivity index (χ4n) is 2.25. The van der Waals surface area contributed by atoms with Crippen molar-refractivity contribution in [3.63, 3.8) is 0 Å². The molecule has 0 saturated carbocycles. The van der Waals surface area contributed by atoms with E-state index in [-0.39, 0.29) is 5.91 Å². The van der Waals surface area contributed by atoms with E-state index in [1.165, 1.54) is 0 Å². The first-order valence-corrected chi connectivity index (χ1v) is 6.17. The molecule has 0 spiro atoms. The van der Waals surface area contributed by atoms with Crippen molar-refractivity contribution in [1.82, 2.24) is 9.88 Å². The number of carbonyl (C=O) groups is 1. The Kier molecular flexibility index (Phi) is 4.09.